The van der Waals surface area contributed by atoms with Gasteiger partial charge in [-0.15, -0.1) is 0 Å². The Balaban J connectivity index is 1.81. The molecule has 1 unspecified atom stereocenters. The molecule has 53 heavy (non-hydrogen) atoms. The van der Waals surface area contributed by atoms with Gasteiger partial charge in [0.2, 0.25) is 0 Å². The third kappa shape index (κ3) is 12.1. The molecule has 0 bridgehead atoms. The van der Waals surface area contributed by atoms with Crippen molar-refractivity contribution in [1.29, 1.82) is 0 Å². The summed E-state index contributed by atoms with van der Waals surface area (Å²) >= 11 is -1.35. The predicted octanol–water partition coefficient (Wildman–Crippen LogP) is 6.79. The van der Waals surface area contributed by atoms with Gasteiger partial charge in [-0.1, -0.05) is 36.8 Å². The number of nitrogens with one attached hydrogen (secondary N) is 2. The summed E-state index contributed by atoms with van der Waals surface area (Å²) in [5, 5.41) is 17.4. The van der Waals surface area contributed by atoms with Crippen molar-refractivity contribution in [3.8, 4) is 0 Å². The normalized spacial score (nSPS) is 22.4. The van der Waals surface area contributed by atoms with Gasteiger partial charge in [0.1, 0.15) is 0 Å². The Morgan fingerprint density at radius 3 is 2.36 bits per heavy atom. The summed E-state index contributed by atoms with van der Waals surface area (Å²) in [6.07, 6.45) is 4.32. The van der Waals surface area contributed by atoms with Gasteiger partial charge in [0.05, 0.1) is 0 Å². The zero-order valence-electron chi connectivity index (χ0n) is 32.8. The van der Waals surface area contributed by atoms with Crippen LogP contribution in [0.1, 0.15) is 120 Å². The molecule has 13 heteroatoms. The standard InChI is InChI=1S/C40H61IN4O7S/c1-10-27(4)35(44-39(51)40(6)21-16-22-41(40,7)8)38(50)45(9)32(26(2)3)24-33(52-28(5)46)37-43-31(25-53-37)36(49)42-30(19-14-15-20-34(47)48)23-29-17-12-11-13-18-29/h11-13,17-18,25-27,30,32-33,35H,7,10,14-16,19-24H2,1-6,8-9H3,(H,42,49)(H,44,51)(H,47,48)/t27-,30+,32+,33+,35-,40+/m0/s1. The van der Waals surface area contributed by atoms with Gasteiger partial charge in [0.15, 0.2) is 0 Å². The van der Waals surface area contributed by atoms with Gasteiger partial charge >= 0.3 is 225 Å². The molecule has 1 aromatic carbocycles. The van der Waals surface area contributed by atoms with Crippen LogP contribution < -0.4 is 10.6 Å². The van der Waals surface area contributed by atoms with Crippen LogP contribution in [0.3, 0.4) is 0 Å². The van der Waals surface area contributed by atoms with Crippen molar-refractivity contribution in [2.75, 3.05) is 16.4 Å². The van der Waals surface area contributed by atoms with Crippen molar-refractivity contribution in [3.63, 3.8) is 0 Å². The maximum atomic E-state index is 14.3. The fourth-order valence-corrected chi connectivity index (χ4v) is 14.0. The van der Waals surface area contributed by atoms with Gasteiger partial charge in [0.25, 0.3) is 5.91 Å². The topological polar surface area (TPSA) is 155 Å². The number of unbranched alkanes of at least 4 members (excludes halogenated alkanes) is 1. The Kier molecular flexibility index (Phi) is 16.6. The number of nitrogens with zero attached hydrogens (tertiary/aromatic N) is 2. The van der Waals surface area contributed by atoms with Crippen LogP contribution in [0.15, 0.2) is 35.7 Å². The van der Waals surface area contributed by atoms with E-state index in [0.717, 1.165) is 22.8 Å². The number of carbonyl (C=O) groups is 5. The fraction of sp³-hybridized carbons (Fsp3) is 0.625. The average Bonchev–Trinajstić information content (AvgIpc) is 3.70. The minimum atomic E-state index is -2.57. The molecule has 2 heterocycles. The number of aliphatic carboxylic acids is 1. The number of ether oxygens (including phenoxy) is 1. The van der Waals surface area contributed by atoms with Gasteiger partial charge in [-0.2, -0.15) is 0 Å². The average molecular weight is 869 g/mol. The number of halogens is 1. The summed E-state index contributed by atoms with van der Waals surface area (Å²) in [6, 6.07) is 8.45. The molecule has 3 rings (SSSR count). The summed E-state index contributed by atoms with van der Waals surface area (Å²) in [5.74, 6) is -2.14. The number of hydrogen-bond acceptors (Lipinski definition) is 8. The van der Waals surface area contributed by atoms with Gasteiger partial charge in [-0.25, -0.2) is 0 Å². The van der Waals surface area contributed by atoms with Gasteiger partial charge in [-0.3, -0.25) is 9.59 Å². The molecule has 0 spiro atoms. The number of amides is 3. The molecular weight excluding hydrogens is 807 g/mol. The molecule has 1 fully saturated rings. The first-order valence-electron chi connectivity index (χ1n) is 18.7. The number of aromatic nitrogens is 1. The van der Waals surface area contributed by atoms with Crippen LogP contribution in [-0.4, -0.2) is 87.1 Å². The molecular formula is C40H61IN4O7S. The van der Waals surface area contributed by atoms with Crippen LogP contribution in [0.4, 0.5) is 0 Å². The molecule has 1 aliphatic rings. The molecule has 1 saturated heterocycles. The van der Waals surface area contributed by atoms with E-state index in [0.29, 0.717) is 37.1 Å². The van der Waals surface area contributed by atoms with Gasteiger partial charge in [0, 0.05) is 12.5 Å². The van der Waals surface area contributed by atoms with Crippen molar-refractivity contribution < 1.29 is 33.8 Å². The third-order valence-electron chi connectivity index (χ3n) is 10.7. The molecule has 3 amide bonds. The Morgan fingerprint density at radius 1 is 1.11 bits per heavy atom. The Bertz CT molecular complexity index is 1610. The third-order valence-corrected chi connectivity index (χ3v) is 21.6. The summed E-state index contributed by atoms with van der Waals surface area (Å²) in [7, 11) is 1.74. The SMILES string of the molecule is C=I1(C)CCC[C@]1(C)C(=O)N[C@H](C(=O)N(C)[C@H](C[C@@H](OC(C)=O)c1nc(C(=O)N[C@H](CCCCC(=O)O)Cc2ccccc2)cs1)C(C)C)[C@@H](C)CC. The summed E-state index contributed by atoms with van der Waals surface area (Å²) in [5.41, 5.74) is 1.24. The first-order chi connectivity index (χ1) is 24.9. The maximum absolute atomic E-state index is 14.3. The molecule has 0 radical (unpaired) electrons. The first-order valence-corrected chi connectivity index (χ1v) is 25.8. The van der Waals surface area contributed by atoms with E-state index in [4.69, 9.17) is 9.84 Å². The second-order valence-electron chi connectivity index (χ2n) is 15.2. The quantitative estimate of drug-likeness (QED) is 0.0569. The summed E-state index contributed by atoms with van der Waals surface area (Å²) in [6.45, 7) is 11.3. The van der Waals surface area contributed by atoms with Crippen LogP contribution in [0, 0.1) is 11.8 Å². The van der Waals surface area contributed by atoms with Crippen molar-refractivity contribution >= 4 is 63.5 Å². The van der Waals surface area contributed by atoms with Gasteiger partial charge in [-0.05, 0) is 24.8 Å². The molecule has 7 atom stereocenters. The Labute approximate surface area is 323 Å². The molecule has 296 valence electrons. The van der Waals surface area contributed by atoms with E-state index in [1.54, 1.807) is 17.3 Å². The summed E-state index contributed by atoms with van der Waals surface area (Å²) in [4.78, 5) is 73.6. The number of rotatable bonds is 20. The minimum absolute atomic E-state index is 0.0389. The van der Waals surface area contributed by atoms with Crippen molar-refractivity contribution in [2.24, 2.45) is 11.8 Å². The molecule has 11 nitrogen and oxygen atoms in total. The molecule has 0 aliphatic carbocycles. The number of benzene rings is 1. The van der Waals surface area contributed by atoms with Crippen molar-refractivity contribution in [2.45, 2.75) is 127 Å². The van der Waals surface area contributed by atoms with Crippen LogP contribution in [-0.2, 0) is 30.3 Å². The molecule has 1 aromatic heterocycles. The molecule has 3 N–H and O–H groups in total. The molecule has 2 aromatic rings. The number of likely N-dealkylation sites (N-methyl/N-ethyl adjacent to an activating group) is 1. The van der Waals surface area contributed by atoms with Gasteiger partial charge < -0.3 is 10.4 Å². The number of carboxylic acid groups (broad SMARTS) is 1. The van der Waals surface area contributed by atoms with Crippen LogP contribution >= 0.6 is 29.3 Å². The van der Waals surface area contributed by atoms with Crippen LogP contribution in [0.25, 0.3) is 0 Å². The predicted molar refractivity (Wildman–Crippen MR) is 221 cm³/mol. The van der Waals surface area contributed by atoms with E-state index in [9.17, 15) is 24.0 Å². The number of carboxylic acids is 1. The monoisotopic (exact) mass is 868 g/mol. The van der Waals surface area contributed by atoms with Crippen molar-refractivity contribution in [3.05, 3.63) is 52.0 Å². The second kappa shape index (κ2) is 19.9. The molecule has 0 saturated carbocycles. The zero-order chi connectivity index (χ0) is 39.5. The van der Waals surface area contributed by atoms with E-state index < -0.39 is 45.5 Å². The Morgan fingerprint density at radius 2 is 1.79 bits per heavy atom. The van der Waals surface area contributed by atoms with E-state index >= 15 is 0 Å². The van der Waals surface area contributed by atoms with E-state index in [-0.39, 0.29) is 60.2 Å². The number of alkyl halides is 3. The number of thiazole rings is 1. The fourth-order valence-electron chi connectivity index (χ4n) is 6.90. The van der Waals surface area contributed by atoms with Crippen LogP contribution in [0.2, 0.25) is 0 Å². The second-order valence-corrected chi connectivity index (χ2v) is 26.3. The summed E-state index contributed by atoms with van der Waals surface area (Å²) < 4.78 is 10.8. The zero-order valence-corrected chi connectivity index (χ0v) is 35.8. The van der Waals surface area contributed by atoms with E-state index in [1.807, 2.05) is 65.0 Å². The van der Waals surface area contributed by atoms with E-state index in [1.165, 1.54) is 18.3 Å². The van der Waals surface area contributed by atoms with E-state index in [2.05, 4.69) is 25.1 Å². The molecule has 1 aliphatic heterocycles. The van der Waals surface area contributed by atoms with Crippen molar-refractivity contribution in [1.82, 2.24) is 20.5 Å². The Hall–Kier alpha value is -3.20. The number of carbonyl (C=O) groups excluding carboxylic acids is 4. The first kappa shape index (κ1) is 44.2. The number of hydrogen-bond donors (Lipinski definition) is 3. The van der Waals surface area contributed by atoms with Crippen LogP contribution in [0.5, 0.6) is 0 Å². The number of esters is 1.